The average Bonchev–Trinajstić information content (AvgIpc) is 2.76. The molecule has 0 fully saturated rings. The van der Waals surface area contributed by atoms with Gasteiger partial charge in [-0.3, -0.25) is 9.59 Å². The molecule has 0 N–H and O–H groups in total. The van der Waals surface area contributed by atoms with E-state index in [-0.39, 0.29) is 12.1 Å². The fourth-order valence-corrected chi connectivity index (χ4v) is 3.22. The van der Waals surface area contributed by atoms with Crippen molar-refractivity contribution in [3.05, 3.63) is 83.4 Å². The molecule has 3 aromatic carbocycles. The van der Waals surface area contributed by atoms with Crippen molar-refractivity contribution >= 4 is 12.3 Å². The van der Waals surface area contributed by atoms with Gasteiger partial charge in [0.2, 0.25) is 0 Å². The minimum Gasteiger partial charge on any atom is -0.490 e. The van der Waals surface area contributed by atoms with Crippen LogP contribution in [0.15, 0.2) is 66.7 Å². The maximum absolute atomic E-state index is 11.0. The summed E-state index contributed by atoms with van der Waals surface area (Å²) < 4.78 is 16.7. The van der Waals surface area contributed by atoms with Gasteiger partial charge in [0, 0.05) is 12.5 Å². The number of aryl methyl sites for hydroxylation is 1. The van der Waals surface area contributed by atoms with Crippen molar-refractivity contribution in [3.63, 3.8) is 0 Å². The van der Waals surface area contributed by atoms with Crippen LogP contribution >= 0.6 is 0 Å². The minimum absolute atomic E-state index is 0.302. The van der Waals surface area contributed by atoms with Gasteiger partial charge in [-0.15, -0.1) is 0 Å². The quantitative estimate of drug-likeness (QED) is 0.345. The van der Waals surface area contributed by atoms with Crippen molar-refractivity contribution in [1.82, 2.24) is 0 Å². The van der Waals surface area contributed by atoms with E-state index in [4.69, 9.17) is 14.2 Å². The van der Waals surface area contributed by atoms with Gasteiger partial charge in [0.1, 0.15) is 37.1 Å². The molecule has 0 saturated carbocycles. The number of carbonyl (C=O) groups is 2. The number of ether oxygens (including phenoxy) is 3. The lowest BCUT2D eigenvalue weighted by atomic mass is 9.99. The number of rotatable bonds is 9. The van der Waals surface area contributed by atoms with Crippen molar-refractivity contribution < 1.29 is 23.8 Å². The molecule has 5 nitrogen and oxygen atoms in total. The van der Waals surface area contributed by atoms with E-state index >= 15 is 0 Å². The Kier molecular flexibility index (Phi) is 7.44. The molecule has 0 aliphatic carbocycles. The highest BCUT2D eigenvalue weighted by molar-refractivity contribution is 5.74. The molecule has 0 aliphatic rings. The van der Waals surface area contributed by atoms with Crippen molar-refractivity contribution in [3.8, 4) is 22.6 Å². The normalized spacial score (nSPS) is 11.5. The number of benzene rings is 3. The van der Waals surface area contributed by atoms with Crippen molar-refractivity contribution in [2.45, 2.75) is 33.5 Å². The third-order valence-corrected chi connectivity index (χ3v) is 4.71. The number of hydrogen-bond donors (Lipinski definition) is 0. The number of esters is 1. The van der Waals surface area contributed by atoms with Crippen LogP contribution in [0.5, 0.6) is 11.5 Å². The second-order valence-corrected chi connectivity index (χ2v) is 7.38. The van der Waals surface area contributed by atoms with Crippen molar-refractivity contribution in [2.75, 3.05) is 6.61 Å². The summed E-state index contributed by atoms with van der Waals surface area (Å²) in [6.07, 6.45) is 0.510. The summed E-state index contributed by atoms with van der Waals surface area (Å²) in [6.45, 7) is 5.96. The number of carbonyl (C=O) groups excluding carboxylic acids is 2. The smallest absolute Gasteiger partial charge is 0.303 e. The Morgan fingerprint density at radius 3 is 2.39 bits per heavy atom. The van der Waals surface area contributed by atoms with Crippen LogP contribution in [0.3, 0.4) is 0 Å². The molecule has 0 aromatic heterocycles. The first-order chi connectivity index (χ1) is 14.9. The van der Waals surface area contributed by atoms with Crippen LogP contribution in [0.1, 0.15) is 35.3 Å². The molecule has 5 heteroatoms. The largest absolute Gasteiger partial charge is 0.490 e. The first-order valence-electron chi connectivity index (χ1n) is 10.1. The van der Waals surface area contributed by atoms with Crippen molar-refractivity contribution in [1.29, 1.82) is 0 Å². The summed E-state index contributed by atoms with van der Waals surface area (Å²) in [5.74, 6) is 1.14. The summed E-state index contributed by atoms with van der Waals surface area (Å²) in [7, 11) is 0. The number of hydrogen-bond acceptors (Lipinski definition) is 5. The van der Waals surface area contributed by atoms with Gasteiger partial charge in [0.05, 0.1) is 0 Å². The van der Waals surface area contributed by atoms with E-state index in [0.29, 0.717) is 18.8 Å². The van der Waals surface area contributed by atoms with E-state index < -0.39 is 0 Å². The Hall–Kier alpha value is -3.60. The van der Waals surface area contributed by atoms with E-state index in [9.17, 15) is 9.59 Å². The molecular formula is C26H26O5. The lowest BCUT2D eigenvalue weighted by Gasteiger charge is -2.15. The maximum Gasteiger partial charge on any atom is 0.303 e. The Morgan fingerprint density at radius 2 is 1.71 bits per heavy atom. The summed E-state index contributed by atoms with van der Waals surface area (Å²) >= 11 is 0. The van der Waals surface area contributed by atoms with E-state index in [1.165, 1.54) is 6.92 Å². The molecule has 160 valence electrons. The van der Waals surface area contributed by atoms with Crippen LogP contribution in [0.25, 0.3) is 11.1 Å². The molecule has 0 heterocycles. The molecule has 1 atom stereocenters. The van der Waals surface area contributed by atoms with Crippen LogP contribution in [0.2, 0.25) is 0 Å². The highest BCUT2D eigenvalue weighted by Gasteiger charge is 2.09. The predicted octanol–water partition coefficient (Wildman–Crippen LogP) is 5.38. The third-order valence-electron chi connectivity index (χ3n) is 4.71. The fraction of sp³-hybridized carbons (Fsp3) is 0.231. The zero-order valence-corrected chi connectivity index (χ0v) is 18.0. The molecule has 31 heavy (non-hydrogen) atoms. The second kappa shape index (κ2) is 10.4. The summed E-state index contributed by atoms with van der Waals surface area (Å²) in [5.41, 5.74) is 4.96. The van der Waals surface area contributed by atoms with Crippen LogP contribution in [-0.2, 0) is 16.1 Å². The zero-order valence-electron chi connectivity index (χ0n) is 18.0. The van der Waals surface area contributed by atoms with E-state index in [1.54, 1.807) is 31.2 Å². The molecule has 0 saturated heterocycles. The Labute approximate surface area is 182 Å². The molecule has 0 radical (unpaired) electrons. The van der Waals surface area contributed by atoms with Crippen molar-refractivity contribution in [2.24, 2.45) is 0 Å². The lowest BCUT2D eigenvalue weighted by molar-refractivity contribution is -0.146. The van der Waals surface area contributed by atoms with Gasteiger partial charge in [-0.1, -0.05) is 24.3 Å². The SMILES string of the molecule is CC(=O)O[C@H](C)COc1ccc(-c2cccc(COc3ccc(C=O)cc3)c2)c(C)c1. The average molecular weight is 418 g/mol. The minimum atomic E-state index is -0.315. The van der Waals surface area contributed by atoms with E-state index in [2.05, 4.69) is 12.1 Å². The van der Waals surface area contributed by atoms with Crippen LogP contribution in [0.4, 0.5) is 0 Å². The van der Waals surface area contributed by atoms with Gasteiger partial charge in [-0.2, -0.15) is 0 Å². The standard InChI is InChI=1S/C26H26O5/c1-18-13-25(29-16-19(2)31-20(3)28)11-12-26(18)23-6-4-5-22(14-23)17-30-24-9-7-21(15-27)8-10-24/h4-15,19H,16-17H2,1-3H3/t19-/m1/s1. The summed E-state index contributed by atoms with van der Waals surface area (Å²) in [6, 6.07) is 21.2. The van der Waals surface area contributed by atoms with Gasteiger partial charge >= 0.3 is 5.97 Å². The topological polar surface area (TPSA) is 61.8 Å². The fourth-order valence-electron chi connectivity index (χ4n) is 3.22. The Balaban J connectivity index is 1.65. The molecule has 0 spiro atoms. The molecule has 3 rings (SSSR count). The first kappa shape index (κ1) is 22.1. The molecule has 0 bridgehead atoms. The number of aldehydes is 1. The molecule has 0 aliphatic heterocycles. The lowest BCUT2D eigenvalue weighted by Crippen LogP contribution is -2.20. The molecule has 0 amide bonds. The van der Waals surface area contributed by atoms with Gasteiger partial charge in [0.25, 0.3) is 0 Å². The predicted molar refractivity (Wildman–Crippen MR) is 119 cm³/mol. The van der Waals surface area contributed by atoms with Crippen LogP contribution in [-0.4, -0.2) is 25.0 Å². The van der Waals surface area contributed by atoms with Gasteiger partial charge in [-0.25, -0.2) is 0 Å². The molecular weight excluding hydrogens is 392 g/mol. The Morgan fingerprint density at radius 1 is 0.968 bits per heavy atom. The maximum atomic E-state index is 11.0. The Bertz CT molecular complexity index is 1040. The van der Waals surface area contributed by atoms with Gasteiger partial charge in [0.15, 0.2) is 0 Å². The highest BCUT2D eigenvalue weighted by Crippen LogP contribution is 2.28. The second-order valence-electron chi connectivity index (χ2n) is 7.38. The van der Waals surface area contributed by atoms with Gasteiger partial charge < -0.3 is 14.2 Å². The van der Waals surface area contributed by atoms with E-state index in [0.717, 1.165) is 40.0 Å². The highest BCUT2D eigenvalue weighted by atomic mass is 16.6. The monoisotopic (exact) mass is 418 g/mol. The molecule has 0 unspecified atom stereocenters. The first-order valence-corrected chi connectivity index (χ1v) is 10.1. The van der Waals surface area contributed by atoms with Gasteiger partial charge in [-0.05, 0) is 78.6 Å². The van der Waals surface area contributed by atoms with Crippen LogP contribution in [0, 0.1) is 6.92 Å². The summed E-state index contributed by atoms with van der Waals surface area (Å²) in [4.78, 5) is 21.8. The molecule has 3 aromatic rings. The third kappa shape index (κ3) is 6.44. The zero-order chi connectivity index (χ0) is 22.2. The van der Waals surface area contributed by atoms with E-state index in [1.807, 2.05) is 37.3 Å². The van der Waals surface area contributed by atoms with Crippen LogP contribution < -0.4 is 9.47 Å². The summed E-state index contributed by atoms with van der Waals surface area (Å²) in [5, 5.41) is 0.